The van der Waals surface area contributed by atoms with E-state index in [2.05, 4.69) is 10.1 Å². The molecule has 1 N–H and O–H groups in total. The number of rotatable bonds is 12. The summed E-state index contributed by atoms with van der Waals surface area (Å²) < 4.78 is 35.6. The van der Waals surface area contributed by atoms with Crippen LogP contribution < -0.4 is 14.3 Å². The Labute approximate surface area is 218 Å². The van der Waals surface area contributed by atoms with Crippen LogP contribution in [0.3, 0.4) is 0 Å². The molecule has 0 aliphatic heterocycles. The molecule has 4 rings (SSSR count). The molecule has 12 heteroatoms. The van der Waals surface area contributed by atoms with E-state index in [1.54, 1.807) is 42.5 Å². The molecule has 0 spiro atoms. The van der Waals surface area contributed by atoms with Crippen molar-refractivity contribution in [2.75, 3.05) is 13.9 Å². The van der Waals surface area contributed by atoms with Crippen molar-refractivity contribution in [3.63, 3.8) is 0 Å². The van der Waals surface area contributed by atoms with Gasteiger partial charge in [0.05, 0.1) is 17.4 Å². The number of ether oxygens (including phenoxy) is 2. The highest BCUT2D eigenvalue weighted by molar-refractivity contribution is 7.52. The molecule has 0 saturated heterocycles. The molecule has 38 heavy (non-hydrogen) atoms. The van der Waals surface area contributed by atoms with Crippen molar-refractivity contribution in [1.82, 2.24) is 10.1 Å². The maximum Gasteiger partial charge on any atom is 0.462 e. The van der Waals surface area contributed by atoms with Gasteiger partial charge in [0, 0.05) is 12.3 Å². The molecule has 0 saturated carbocycles. The summed E-state index contributed by atoms with van der Waals surface area (Å²) in [6.07, 6.45) is 1.62. The van der Waals surface area contributed by atoms with Gasteiger partial charge in [0.1, 0.15) is 23.1 Å². The lowest BCUT2D eigenvalue weighted by atomic mass is 10.1. The van der Waals surface area contributed by atoms with Crippen LogP contribution in [0.4, 0.5) is 5.69 Å². The number of para-hydroxylation sites is 1. The standard InChI is InChI=1S/C26H24N3O8P/c1-34-26(30)22(17-19-9-4-2-5-10-19)28-38(33,37-20-11-6-3-7-12-20)36-18-35-24-15-14-23(29(31)32)21-13-8-16-27-25(21)24/h2-16,22H,17-18H2,1H3,(H,28,33)/t22-,38?/m0/s1. The number of methoxy groups -OCH3 is 1. The number of fused-ring (bicyclic) bond motifs is 1. The Kier molecular flexibility index (Phi) is 8.65. The van der Waals surface area contributed by atoms with Crippen LogP contribution in [-0.2, 0) is 25.0 Å². The molecule has 4 aromatic rings. The fourth-order valence-corrected chi connectivity index (χ4v) is 4.99. The Bertz CT molecular complexity index is 1450. The predicted molar refractivity (Wildman–Crippen MR) is 139 cm³/mol. The Hall–Kier alpha value is -4.31. The topological polar surface area (TPSA) is 139 Å². The monoisotopic (exact) mass is 537 g/mol. The van der Waals surface area contributed by atoms with Gasteiger partial charge in [0.25, 0.3) is 5.69 Å². The first-order valence-corrected chi connectivity index (χ1v) is 13.0. The third kappa shape index (κ3) is 6.71. The van der Waals surface area contributed by atoms with Crippen molar-refractivity contribution in [2.24, 2.45) is 0 Å². The van der Waals surface area contributed by atoms with Gasteiger partial charge < -0.3 is 14.0 Å². The molecule has 2 atom stereocenters. The summed E-state index contributed by atoms with van der Waals surface area (Å²) >= 11 is 0. The average molecular weight is 537 g/mol. The molecule has 0 bridgehead atoms. The molecule has 0 fully saturated rings. The molecular formula is C26H24N3O8P. The van der Waals surface area contributed by atoms with Gasteiger partial charge in [-0.05, 0) is 42.3 Å². The summed E-state index contributed by atoms with van der Waals surface area (Å²) in [5.74, 6) is -0.263. The van der Waals surface area contributed by atoms with E-state index in [-0.39, 0.29) is 34.5 Å². The minimum absolute atomic E-state index is 0.136. The van der Waals surface area contributed by atoms with Crippen molar-refractivity contribution in [1.29, 1.82) is 0 Å². The molecule has 0 radical (unpaired) electrons. The number of pyridine rings is 1. The summed E-state index contributed by atoms with van der Waals surface area (Å²) in [7, 11) is -3.00. The molecule has 3 aromatic carbocycles. The van der Waals surface area contributed by atoms with Gasteiger partial charge in [-0.15, -0.1) is 0 Å². The van der Waals surface area contributed by atoms with Crippen LogP contribution in [0, 0.1) is 10.1 Å². The minimum atomic E-state index is -4.23. The average Bonchev–Trinajstić information content (AvgIpc) is 2.93. The van der Waals surface area contributed by atoms with Crippen molar-refractivity contribution < 1.29 is 32.8 Å². The Balaban J connectivity index is 1.57. The summed E-state index contributed by atoms with van der Waals surface area (Å²) in [6, 6.07) is 22.1. The smallest absolute Gasteiger partial charge is 0.462 e. The van der Waals surface area contributed by atoms with Crippen LogP contribution in [0.2, 0.25) is 0 Å². The quantitative estimate of drug-likeness (QED) is 0.0858. The second-order valence-electron chi connectivity index (χ2n) is 7.93. The fraction of sp³-hybridized carbons (Fsp3) is 0.154. The van der Waals surface area contributed by atoms with E-state index in [0.717, 1.165) is 5.56 Å². The minimum Gasteiger partial charge on any atom is -0.468 e. The summed E-state index contributed by atoms with van der Waals surface area (Å²) in [5, 5.41) is 14.3. The molecule has 0 aliphatic rings. The van der Waals surface area contributed by atoms with E-state index in [4.69, 9.17) is 18.5 Å². The fourth-order valence-electron chi connectivity index (χ4n) is 3.64. The van der Waals surface area contributed by atoms with Crippen molar-refractivity contribution in [3.05, 3.63) is 107 Å². The number of nitro benzene ring substituents is 1. The Morgan fingerprint density at radius 2 is 1.74 bits per heavy atom. The summed E-state index contributed by atoms with van der Waals surface area (Å²) in [5.41, 5.74) is 0.887. The first kappa shape index (κ1) is 26.7. The number of hydrogen-bond donors (Lipinski definition) is 1. The molecule has 1 heterocycles. The maximum absolute atomic E-state index is 13.9. The first-order chi connectivity index (χ1) is 18.4. The lowest BCUT2D eigenvalue weighted by Crippen LogP contribution is -2.39. The van der Waals surface area contributed by atoms with Crippen molar-refractivity contribution in [2.45, 2.75) is 12.5 Å². The molecule has 196 valence electrons. The van der Waals surface area contributed by atoms with E-state index < -0.39 is 31.5 Å². The van der Waals surface area contributed by atoms with E-state index in [1.807, 2.05) is 30.3 Å². The Morgan fingerprint density at radius 1 is 1.03 bits per heavy atom. The van der Waals surface area contributed by atoms with Gasteiger partial charge in [-0.1, -0.05) is 48.5 Å². The molecular weight excluding hydrogens is 513 g/mol. The second kappa shape index (κ2) is 12.3. The van der Waals surface area contributed by atoms with Gasteiger partial charge in [0.15, 0.2) is 0 Å². The lowest BCUT2D eigenvalue weighted by Gasteiger charge is -2.24. The zero-order valence-corrected chi connectivity index (χ0v) is 21.2. The number of carbonyl (C=O) groups is 1. The van der Waals surface area contributed by atoms with Crippen LogP contribution in [0.5, 0.6) is 11.5 Å². The molecule has 0 aliphatic carbocycles. The number of nitro groups is 1. The summed E-state index contributed by atoms with van der Waals surface area (Å²) in [4.78, 5) is 27.6. The molecule has 1 unspecified atom stereocenters. The highest BCUT2D eigenvalue weighted by Crippen LogP contribution is 2.45. The number of nitrogens with zero attached hydrogens (tertiary/aromatic N) is 2. The van der Waals surface area contributed by atoms with Gasteiger partial charge in [-0.25, -0.2) is 9.09 Å². The highest BCUT2D eigenvalue weighted by atomic mass is 31.2. The normalized spacial score (nSPS) is 13.3. The van der Waals surface area contributed by atoms with Crippen LogP contribution in [-0.4, -0.2) is 35.8 Å². The molecule has 11 nitrogen and oxygen atoms in total. The lowest BCUT2D eigenvalue weighted by molar-refractivity contribution is -0.383. The third-order valence-corrected chi connectivity index (χ3v) is 6.92. The number of non-ortho nitro benzene ring substituents is 1. The summed E-state index contributed by atoms with van der Waals surface area (Å²) in [6.45, 7) is -0.584. The predicted octanol–water partition coefficient (Wildman–Crippen LogP) is 5.06. The number of benzene rings is 3. The SMILES string of the molecule is COC(=O)[C@H](Cc1ccccc1)NP(=O)(OCOc1ccc([N+](=O)[O-])c2cccnc12)Oc1ccccc1. The first-order valence-electron chi connectivity index (χ1n) is 11.4. The van der Waals surface area contributed by atoms with E-state index in [1.165, 1.54) is 25.4 Å². The highest BCUT2D eigenvalue weighted by Gasteiger charge is 2.35. The van der Waals surface area contributed by atoms with E-state index >= 15 is 0 Å². The largest absolute Gasteiger partial charge is 0.468 e. The van der Waals surface area contributed by atoms with Gasteiger partial charge >= 0.3 is 13.7 Å². The number of hydrogen-bond acceptors (Lipinski definition) is 9. The second-order valence-corrected chi connectivity index (χ2v) is 9.62. The number of esters is 1. The van der Waals surface area contributed by atoms with Crippen LogP contribution in [0.15, 0.2) is 91.1 Å². The Morgan fingerprint density at radius 3 is 2.42 bits per heavy atom. The maximum atomic E-state index is 13.9. The number of carbonyl (C=O) groups excluding carboxylic acids is 1. The van der Waals surface area contributed by atoms with Crippen LogP contribution in [0.25, 0.3) is 10.9 Å². The van der Waals surface area contributed by atoms with Crippen molar-refractivity contribution >= 4 is 30.3 Å². The van der Waals surface area contributed by atoms with Gasteiger partial charge in [-0.2, -0.15) is 5.09 Å². The van der Waals surface area contributed by atoms with E-state index in [0.29, 0.717) is 0 Å². The van der Waals surface area contributed by atoms with Crippen LogP contribution >= 0.6 is 7.75 Å². The molecule has 0 amide bonds. The number of nitrogens with one attached hydrogen (secondary N) is 1. The van der Waals surface area contributed by atoms with Gasteiger partial charge in [0.2, 0.25) is 6.79 Å². The zero-order valence-electron chi connectivity index (χ0n) is 20.3. The van der Waals surface area contributed by atoms with Crippen molar-refractivity contribution in [3.8, 4) is 11.5 Å². The third-order valence-electron chi connectivity index (χ3n) is 5.39. The molecule has 1 aromatic heterocycles. The number of aromatic nitrogens is 1. The van der Waals surface area contributed by atoms with Gasteiger partial charge in [-0.3, -0.25) is 19.9 Å². The zero-order chi connectivity index (χ0) is 27.0. The van der Waals surface area contributed by atoms with E-state index in [9.17, 15) is 19.5 Å². The van der Waals surface area contributed by atoms with Crippen LogP contribution in [0.1, 0.15) is 5.56 Å².